The summed E-state index contributed by atoms with van der Waals surface area (Å²) in [4.78, 5) is 47.8. The highest BCUT2D eigenvalue weighted by Crippen LogP contribution is 2.15. The highest BCUT2D eigenvalue weighted by Gasteiger charge is 2.32. The van der Waals surface area contributed by atoms with Crippen LogP contribution in [0.2, 0.25) is 0 Å². The Kier molecular flexibility index (Phi) is 9.05. The van der Waals surface area contributed by atoms with Gasteiger partial charge >= 0.3 is 18.2 Å². The number of nitrogens with one attached hydrogen (secondary N) is 1. The summed E-state index contributed by atoms with van der Waals surface area (Å²) in [6.07, 6.45) is -2.04. The van der Waals surface area contributed by atoms with Gasteiger partial charge in [-0.2, -0.15) is 0 Å². The van der Waals surface area contributed by atoms with E-state index in [2.05, 4.69) is 5.32 Å². The fourth-order valence-electron chi connectivity index (χ4n) is 2.00. The van der Waals surface area contributed by atoms with Gasteiger partial charge in [0.05, 0.1) is 0 Å². The molecule has 156 valence electrons. The lowest BCUT2D eigenvalue weighted by Crippen LogP contribution is -2.52. The molecule has 0 aromatic rings. The lowest BCUT2D eigenvalue weighted by Gasteiger charge is -2.32. The van der Waals surface area contributed by atoms with Crippen LogP contribution in [0, 0.1) is 0 Å². The normalized spacial score (nSPS) is 12.7. The van der Waals surface area contributed by atoms with Crippen molar-refractivity contribution in [1.29, 1.82) is 0 Å². The molecule has 0 radical (unpaired) electrons. The van der Waals surface area contributed by atoms with Crippen LogP contribution in [0.4, 0.5) is 9.59 Å². The number of primary amides is 1. The number of carbonyl (C=O) groups excluding carboxylic acids is 3. The fourth-order valence-corrected chi connectivity index (χ4v) is 2.00. The van der Waals surface area contributed by atoms with Gasteiger partial charge < -0.3 is 25.6 Å². The van der Waals surface area contributed by atoms with Crippen molar-refractivity contribution in [3.05, 3.63) is 0 Å². The molecule has 0 aromatic carbocycles. The number of carbonyl (C=O) groups is 4. The highest BCUT2D eigenvalue weighted by molar-refractivity contribution is 5.85. The number of carboxylic acid groups (broad SMARTS) is 1. The number of ether oxygens (including phenoxy) is 2. The second-order valence-corrected chi connectivity index (χ2v) is 7.95. The lowest BCUT2D eigenvalue weighted by atomic mass is 10.1. The third-order valence-corrected chi connectivity index (χ3v) is 2.99. The van der Waals surface area contributed by atoms with Crippen LogP contribution in [-0.4, -0.2) is 64.4 Å². The van der Waals surface area contributed by atoms with E-state index in [1.807, 2.05) is 0 Å². The standard InChI is InChI=1S/C17H31N3O7/c1-16(2,3)26-14(24)19-9-10-20(15(25)27-17(4,5)6)11(13(18)23)7-8-12(21)22/h11H,7-10H2,1-6H3,(H2,18,23)(H,19,24)(H,21,22)/t11-/m0/s1. The molecule has 3 amide bonds. The number of aliphatic carboxylic acids is 1. The average Bonchev–Trinajstić information content (AvgIpc) is 2.40. The summed E-state index contributed by atoms with van der Waals surface area (Å²) in [7, 11) is 0. The summed E-state index contributed by atoms with van der Waals surface area (Å²) < 4.78 is 10.4. The maximum atomic E-state index is 12.5. The number of hydrogen-bond donors (Lipinski definition) is 3. The summed E-state index contributed by atoms with van der Waals surface area (Å²) in [6, 6.07) is -1.18. The van der Waals surface area contributed by atoms with E-state index < -0.39 is 41.3 Å². The van der Waals surface area contributed by atoms with Gasteiger partial charge in [-0.1, -0.05) is 0 Å². The van der Waals surface area contributed by atoms with Crippen molar-refractivity contribution in [2.24, 2.45) is 5.73 Å². The Labute approximate surface area is 159 Å². The Morgan fingerprint density at radius 1 is 1.04 bits per heavy atom. The maximum absolute atomic E-state index is 12.5. The van der Waals surface area contributed by atoms with Gasteiger partial charge in [0, 0.05) is 19.5 Å². The first kappa shape index (κ1) is 24.5. The Balaban J connectivity index is 5.16. The molecule has 0 aliphatic carbocycles. The Bertz CT molecular complexity index is 550. The van der Waals surface area contributed by atoms with Crippen LogP contribution < -0.4 is 11.1 Å². The van der Waals surface area contributed by atoms with Crippen molar-refractivity contribution < 1.29 is 33.8 Å². The predicted octanol–water partition coefficient (Wildman–Crippen LogP) is 1.47. The van der Waals surface area contributed by atoms with Gasteiger partial charge in [0.1, 0.15) is 17.2 Å². The van der Waals surface area contributed by atoms with Crippen molar-refractivity contribution in [3.63, 3.8) is 0 Å². The summed E-state index contributed by atoms with van der Waals surface area (Å²) in [6.45, 7) is 9.92. The van der Waals surface area contributed by atoms with Crippen LogP contribution in [0.25, 0.3) is 0 Å². The molecular formula is C17H31N3O7. The third kappa shape index (κ3) is 11.7. The van der Waals surface area contributed by atoms with Crippen LogP contribution in [-0.2, 0) is 19.1 Å². The summed E-state index contributed by atoms with van der Waals surface area (Å²) >= 11 is 0. The van der Waals surface area contributed by atoms with Gasteiger partial charge in [0.15, 0.2) is 0 Å². The predicted molar refractivity (Wildman–Crippen MR) is 97.0 cm³/mol. The van der Waals surface area contributed by atoms with Crippen LogP contribution in [0.15, 0.2) is 0 Å². The molecule has 0 spiro atoms. The minimum absolute atomic E-state index is 0.0367. The van der Waals surface area contributed by atoms with E-state index >= 15 is 0 Å². The van der Waals surface area contributed by atoms with Gasteiger partial charge in [-0.15, -0.1) is 0 Å². The van der Waals surface area contributed by atoms with Crippen molar-refractivity contribution in [2.75, 3.05) is 13.1 Å². The molecule has 0 bridgehead atoms. The molecule has 0 saturated heterocycles. The first-order valence-electron chi connectivity index (χ1n) is 8.60. The van der Waals surface area contributed by atoms with Crippen molar-refractivity contribution in [2.45, 2.75) is 71.6 Å². The van der Waals surface area contributed by atoms with Crippen LogP contribution >= 0.6 is 0 Å². The van der Waals surface area contributed by atoms with Crippen LogP contribution in [0.5, 0.6) is 0 Å². The summed E-state index contributed by atoms with van der Waals surface area (Å²) in [5.74, 6) is -1.99. The van der Waals surface area contributed by atoms with Gasteiger partial charge in [0.2, 0.25) is 5.91 Å². The van der Waals surface area contributed by atoms with E-state index in [0.29, 0.717) is 0 Å². The van der Waals surface area contributed by atoms with Gasteiger partial charge in [-0.3, -0.25) is 14.5 Å². The third-order valence-electron chi connectivity index (χ3n) is 2.99. The van der Waals surface area contributed by atoms with Crippen molar-refractivity contribution in [3.8, 4) is 0 Å². The number of carboxylic acids is 1. The number of amides is 3. The lowest BCUT2D eigenvalue weighted by molar-refractivity contribution is -0.137. The Morgan fingerprint density at radius 3 is 1.96 bits per heavy atom. The molecule has 0 saturated carbocycles. The molecule has 0 rings (SSSR count). The topological polar surface area (TPSA) is 148 Å². The SMILES string of the molecule is CC(C)(C)OC(=O)NCCN(C(=O)OC(C)(C)C)[C@@H](CCC(=O)O)C(N)=O. The highest BCUT2D eigenvalue weighted by atomic mass is 16.6. The summed E-state index contributed by atoms with van der Waals surface area (Å²) in [5, 5.41) is 11.3. The van der Waals surface area contributed by atoms with Crippen LogP contribution in [0.3, 0.4) is 0 Å². The zero-order chi connectivity index (χ0) is 21.4. The monoisotopic (exact) mass is 389 g/mol. The molecule has 10 heteroatoms. The smallest absolute Gasteiger partial charge is 0.411 e. The largest absolute Gasteiger partial charge is 0.481 e. The molecule has 27 heavy (non-hydrogen) atoms. The molecule has 0 aliphatic heterocycles. The van der Waals surface area contributed by atoms with Crippen LogP contribution in [0.1, 0.15) is 54.4 Å². The number of nitrogens with two attached hydrogens (primary N) is 1. The van der Waals surface area contributed by atoms with E-state index in [4.69, 9.17) is 20.3 Å². The van der Waals surface area contributed by atoms with E-state index in [0.717, 1.165) is 4.90 Å². The Hall–Kier alpha value is -2.52. The average molecular weight is 389 g/mol. The number of nitrogens with zero attached hydrogens (tertiary/aromatic N) is 1. The Morgan fingerprint density at radius 2 is 1.56 bits per heavy atom. The molecule has 0 heterocycles. The van der Waals surface area contributed by atoms with E-state index in [9.17, 15) is 19.2 Å². The van der Waals surface area contributed by atoms with E-state index in [1.165, 1.54) is 0 Å². The minimum Gasteiger partial charge on any atom is -0.481 e. The van der Waals surface area contributed by atoms with Crippen molar-refractivity contribution in [1.82, 2.24) is 10.2 Å². The molecule has 0 unspecified atom stereocenters. The van der Waals surface area contributed by atoms with Gasteiger partial charge in [0.25, 0.3) is 0 Å². The quantitative estimate of drug-likeness (QED) is 0.569. The number of hydrogen-bond acceptors (Lipinski definition) is 6. The zero-order valence-electron chi connectivity index (χ0n) is 16.8. The minimum atomic E-state index is -1.18. The molecule has 1 atom stereocenters. The molecular weight excluding hydrogens is 358 g/mol. The maximum Gasteiger partial charge on any atom is 0.411 e. The number of alkyl carbamates (subject to hydrolysis) is 1. The van der Waals surface area contributed by atoms with E-state index in [-0.39, 0.29) is 25.9 Å². The molecule has 0 aliphatic rings. The van der Waals surface area contributed by atoms with Gasteiger partial charge in [-0.05, 0) is 48.0 Å². The summed E-state index contributed by atoms with van der Waals surface area (Å²) in [5.41, 5.74) is 3.83. The first-order chi connectivity index (χ1) is 12.1. The van der Waals surface area contributed by atoms with Crippen molar-refractivity contribution >= 4 is 24.1 Å². The molecule has 0 fully saturated rings. The number of rotatable bonds is 8. The second-order valence-electron chi connectivity index (χ2n) is 7.95. The first-order valence-corrected chi connectivity index (χ1v) is 8.60. The molecule has 4 N–H and O–H groups in total. The molecule has 10 nitrogen and oxygen atoms in total. The zero-order valence-corrected chi connectivity index (χ0v) is 16.8. The molecule has 0 aromatic heterocycles. The fraction of sp³-hybridized carbons (Fsp3) is 0.765. The van der Waals surface area contributed by atoms with Gasteiger partial charge in [-0.25, -0.2) is 9.59 Å². The second kappa shape index (κ2) is 9.98. The van der Waals surface area contributed by atoms with E-state index in [1.54, 1.807) is 41.5 Å².